The molecule has 1 fully saturated rings. The van der Waals surface area contributed by atoms with Crippen LogP contribution in [-0.2, 0) is 17.8 Å². The highest BCUT2D eigenvalue weighted by Gasteiger charge is 2.11. The average Bonchev–Trinajstić information content (AvgIpc) is 2.89. The molecule has 0 radical (unpaired) electrons. The van der Waals surface area contributed by atoms with Crippen molar-refractivity contribution in [3.63, 3.8) is 0 Å². The van der Waals surface area contributed by atoms with Crippen LogP contribution in [0.4, 0.5) is 0 Å². The van der Waals surface area contributed by atoms with E-state index in [4.69, 9.17) is 9.73 Å². The van der Waals surface area contributed by atoms with Crippen LogP contribution < -0.4 is 10.6 Å². The predicted octanol–water partition coefficient (Wildman–Crippen LogP) is 3.38. The highest BCUT2D eigenvalue weighted by atomic mass is 127. The number of hydrogen-bond donors (Lipinski definition) is 2. The molecule has 0 aromatic heterocycles. The van der Waals surface area contributed by atoms with Crippen LogP contribution in [0.2, 0.25) is 0 Å². The van der Waals surface area contributed by atoms with E-state index in [1.165, 1.54) is 49.9 Å². The summed E-state index contributed by atoms with van der Waals surface area (Å²) in [4.78, 5) is 7.34. The van der Waals surface area contributed by atoms with Gasteiger partial charge in [0, 0.05) is 26.7 Å². The van der Waals surface area contributed by atoms with Crippen LogP contribution in [0.1, 0.15) is 43.7 Å². The maximum absolute atomic E-state index is 5.10. The van der Waals surface area contributed by atoms with Gasteiger partial charge in [-0.1, -0.05) is 37.1 Å². The molecule has 0 saturated carbocycles. The number of nitrogens with one attached hydrogen (secondary N) is 2. The molecule has 1 aliphatic heterocycles. The number of benzene rings is 1. The summed E-state index contributed by atoms with van der Waals surface area (Å²) in [6, 6.07) is 8.71. The number of rotatable bonds is 8. The van der Waals surface area contributed by atoms with Gasteiger partial charge in [-0.3, -0.25) is 4.90 Å². The molecule has 1 aromatic carbocycles. The lowest BCUT2D eigenvalue weighted by Crippen LogP contribution is -2.38. The van der Waals surface area contributed by atoms with Crippen molar-refractivity contribution in [3.05, 3.63) is 35.4 Å². The van der Waals surface area contributed by atoms with Crippen LogP contribution in [0.15, 0.2) is 29.3 Å². The summed E-state index contributed by atoms with van der Waals surface area (Å²) in [5.74, 6) is 0.851. The van der Waals surface area contributed by atoms with Gasteiger partial charge in [-0.2, -0.15) is 0 Å². The van der Waals surface area contributed by atoms with E-state index in [9.17, 15) is 0 Å². The van der Waals surface area contributed by atoms with Gasteiger partial charge in [0.2, 0.25) is 0 Å². The fourth-order valence-electron chi connectivity index (χ4n) is 3.18. The van der Waals surface area contributed by atoms with Crippen molar-refractivity contribution in [2.45, 2.75) is 45.7 Å². The number of aliphatic imine (C=N–C) groups is 1. The Morgan fingerprint density at radius 3 is 2.42 bits per heavy atom. The molecular weight excluding hydrogens is 439 g/mol. The summed E-state index contributed by atoms with van der Waals surface area (Å²) in [6.07, 6.45) is 5.41. The fraction of sp³-hybridized carbons (Fsp3) is 0.650. The topological polar surface area (TPSA) is 48.9 Å². The van der Waals surface area contributed by atoms with Crippen molar-refractivity contribution in [3.8, 4) is 0 Å². The number of methoxy groups -OCH3 is 1. The quantitative estimate of drug-likeness (QED) is 0.263. The van der Waals surface area contributed by atoms with E-state index >= 15 is 0 Å². The van der Waals surface area contributed by atoms with Crippen LogP contribution in [-0.4, -0.2) is 50.8 Å². The van der Waals surface area contributed by atoms with Crippen molar-refractivity contribution in [2.75, 3.05) is 39.9 Å². The minimum Gasteiger partial charge on any atom is -0.383 e. The second-order valence-corrected chi connectivity index (χ2v) is 6.57. The average molecular weight is 474 g/mol. The molecule has 1 heterocycles. The van der Waals surface area contributed by atoms with Crippen molar-refractivity contribution >= 4 is 29.9 Å². The van der Waals surface area contributed by atoms with E-state index in [-0.39, 0.29) is 24.0 Å². The van der Waals surface area contributed by atoms with Crippen LogP contribution in [0.25, 0.3) is 0 Å². The molecule has 0 spiro atoms. The number of nitrogens with zero attached hydrogens (tertiary/aromatic N) is 2. The van der Waals surface area contributed by atoms with Gasteiger partial charge in [0.15, 0.2) is 5.96 Å². The fourth-order valence-corrected chi connectivity index (χ4v) is 3.18. The molecule has 0 bridgehead atoms. The summed E-state index contributed by atoms with van der Waals surface area (Å²) in [5, 5.41) is 6.60. The molecule has 1 aliphatic rings. The molecule has 5 nitrogen and oxygen atoms in total. The highest BCUT2D eigenvalue weighted by molar-refractivity contribution is 14.0. The third-order valence-corrected chi connectivity index (χ3v) is 4.56. The number of hydrogen-bond acceptors (Lipinski definition) is 3. The van der Waals surface area contributed by atoms with Crippen molar-refractivity contribution < 1.29 is 4.74 Å². The first-order valence-corrected chi connectivity index (χ1v) is 9.63. The SMILES string of the molecule is CCNC(=NCc1ccccc1CN1CCCCCC1)NCCOC.I. The molecule has 0 amide bonds. The summed E-state index contributed by atoms with van der Waals surface area (Å²) in [6.45, 7) is 8.56. The minimum atomic E-state index is 0. The first-order valence-electron chi connectivity index (χ1n) is 9.63. The Labute approximate surface area is 176 Å². The Bertz CT molecular complexity index is 516. The molecule has 148 valence electrons. The lowest BCUT2D eigenvalue weighted by Gasteiger charge is -2.21. The van der Waals surface area contributed by atoms with Crippen LogP contribution in [0, 0.1) is 0 Å². The molecule has 0 atom stereocenters. The van der Waals surface area contributed by atoms with Gasteiger partial charge in [0.25, 0.3) is 0 Å². The Morgan fingerprint density at radius 2 is 1.77 bits per heavy atom. The van der Waals surface area contributed by atoms with Gasteiger partial charge in [-0.25, -0.2) is 4.99 Å². The Hall–Kier alpha value is -0.860. The molecule has 2 N–H and O–H groups in total. The molecule has 6 heteroatoms. The van der Waals surface area contributed by atoms with Crippen LogP contribution >= 0.6 is 24.0 Å². The zero-order valence-electron chi connectivity index (χ0n) is 16.3. The van der Waals surface area contributed by atoms with Gasteiger partial charge >= 0.3 is 0 Å². The van der Waals surface area contributed by atoms with Gasteiger partial charge in [0.05, 0.1) is 13.2 Å². The van der Waals surface area contributed by atoms with E-state index in [0.717, 1.165) is 25.6 Å². The van der Waals surface area contributed by atoms with E-state index in [0.29, 0.717) is 13.2 Å². The van der Waals surface area contributed by atoms with E-state index in [1.807, 2.05) is 0 Å². The van der Waals surface area contributed by atoms with E-state index in [2.05, 4.69) is 46.7 Å². The second-order valence-electron chi connectivity index (χ2n) is 6.57. The maximum Gasteiger partial charge on any atom is 0.191 e. The van der Waals surface area contributed by atoms with Crippen molar-refractivity contribution in [1.82, 2.24) is 15.5 Å². The number of halogens is 1. The standard InChI is InChI=1S/C20H34N4O.HI/c1-3-21-20(22-12-15-25-2)23-16-18-10-6-7-11-19(18)17-24-13-8-4-5-9-14-24;/h6-7,10-11H,3-5,8-9,12-17H2,1-2H3,(H2,21,22,23);1H. The molecule has 0 aliphatic carbocycles. The first-order chi connectivity index (χ1) is 12.3. The van der Waals surface area contributed by atoms with E-state index < -0.39 is 0 Å². The lowest BCUT2D eigenvalue weighted by atomic mass is 10.1. The van der Waals surface area contributed by atoms with Gasteiger partial charge in [0.1, 0.15) is 0 Å². The zero-order valence-corrected chi connectivity index (χ0v) is 18.6. The van der Waals surface area contributed by atoms with Crippen LogP contribution in [0.3, 0.4) is 0 Å². The lowest BCUT2D eigenvalue weighted by molar-refractivity contribution is 0.203. The largest absolute Gasteiger partial charge is 0.383 e. The summed E-state index contributed by atoms with van der Waals surface area (Å²) in [5.41, 5.74) is 2.72. The molecular formula is C20H35IN4O. The van der Waals surface area contributed by atoms with Crippen molar-refractivity contribution in [1.29, 1.82) is 0 Å². The molecule has 0 unspecified atom stereocenters. The van der Waals surface area contributed by atoms with E-state index in [1.54, 1.807) is 7.11 Å². The molecule has 26 heavy (non-hydrogen) atoms. The monoisotopic (exact) mass is 474 g/mol. The van der Waals surface area contributed by atoms with Gasteiger partial charge in [-0.15, -0.1) is 24.0 Å². The number of likely N-dealkylation sites (tertiary alicyclic amines) is 1. The van der Waals surface area contributed by atoms with Gasteiger partial charge in [-0.05, 0) is 44.0 Å². The second kappa shape index (κ2) is 14.2. The zero-order chi connectivity index (χ0) is 17.7. The smallest absolute Gasteiger partial charge is 0.191 e. The molecule has 2 rings (SSSR count). The maximum atomic E-state index is 5.10. The third-order valence-electron chi connectivity index (χ3n) is 4.56. The number of ether oxygens (including phenoxy) is 1. The first kappa shape index (κ1) is 23.2. The third kappa shape index (κ3) is 8.68. The normalized spacial score (nSPS) is 15.8. The predicted molar refractivity (Wildman–Crippen MR) is 120 cm³/mol. The Morgan fingerprint density at radius 1 is 1.08 bits per heavy atom. The Balaban J connectivity index is 0.00000338. The minimum absolute atomic E-state index is 0. The summed E-state index contributed by atoms with van der Waals surface area (Å²) >= 11 is 0. The summed E-state index contributed by atoms with van der Waals surface area (Å²) in [7, 11) is 1.71. The van der Waals surface area contributed by atoms with Crippen molar-refractivity contribution in [2.24, 2.45) is 4.99 Å². The van der Waals surface area contributed by atoms with Crippen LogP contribution in [0.5, 0.6) is 0 Å². The highest BCUT2D eigenvalue weighted by Crippen LogP contribution is 2.16. The number of guanidine groups is 1. The molecule has 1 aromatic rings. The molecule has 1 saturated heterocycles. The van der Waals surface area contributed by atoms with Gasteiger partial charge < -0.3 is 15.4 Å². The Kier molecular flexibility index (Phi) is 12.7. The summed E-state index contributed by atoms with van der Waals surface area (Å²) < 4.78 is 5.10.